The molecule has 0 amide bonds. The topological polar surface area (TPSA) is 12.9 Å². The zero-order valence-corrected chi connectivity index (χ0v) is 8.10. The van der Waals surface area contributed by atoms with Crippen LogP contribution in [0.25, 0.3) is 10.8 Å². The normalized spacial score (nSPS) is 12.0. The molecule has 0 saturated heterocycles. The summed E-state index contributed by atoms with van der Waals surface area (Å²) in [4.78, 5) is 3.78. The molecule has 0 bridgehead atoms. The van der Waals surface area contributed by atoms with Crippen molar-refractivity contribution in [3.63, 3.8) is 0 Å². The van der Waals surface area contributed by atoms with Crippen LogP contribution >= 0.6 is 11.6 Å². The van der Waals surface area contributed by atoms with Crippen LogP contribution in [-0.4, -0.2) is 4.98 Å². The summed E-state index contributed by atoms with van der Waals surface area (Å²) in [6.45, 7) is 0. The van der Waals surface area contributed by atoms with E-state index in [2.05, 4.69) is 4.98 Å². The first-order valence-electron chi connectivity index (χ1n) is 4.10. The monoisotopic (exact) mass is 231 g/mol. The number of hydrogen-bond acceptors (Lipinski definition) is 1. The maximum Gasteiger partial charge on any atom is 0.416 e. The predicted molar refractivity (Wildman–Crippen MR) is 51.8 cm³/mol. The quantitative estimate of drug-likeness (QED) is 0.627. The smallest absolute Gasteiger partial charge is 0.244 e. The minimum absolute atomic E-state index is 0.209. The van der Waals surface area contributed by atoms with Crippen molar-refractivity contribution in [3.8, 4) is 0 Å². The minimum atomic E-state index is -4.33. The first kappa shape index (κ1) is 10.2. The van der Waals surface area contributed by atoms with Crippen LogP contribution in [0.15, 0.2) is 30.5 Å². The van der Waals surface area contributed by atoms with Gasteiger partial charge in [0.15, 0.2) is 0 Å². The fraction of sp³-hybridized carbons (Fsp3) is 0.100. The Morgan fingerprint density at radius 2 is 1.87 bits per heavy atom. The van der Waals surface area contributed by atoms with Gasteiger partial charge in [-0.3, -0.25) is 0 Å². The number of alkyl halides is 3. The van der Waals surface area contributed by atoms with Gasteiger partial charge >= 0.3 is 6.18 Å². The van der Waals surface area contributed by atoms with Crippen LogP contribution in [0, 0.1) is 0 Å². The summed E-state index contributed by atoms with van der Waals surface area (Å²) in [6.07, 6.45) is -2.95. The van der Waals surface area contributed by atoms with E-state index in [0.29, 0.717) is 10.8 Å². The Morgan fingerprint density at radius 1 is 1.13 bits per heavy atom. The van der Waals surface area contributed by atoms with E-state index in [1.54, 1.807) is 0 Å². The molecule has 0 aliphatic carbocycles. The third-order valence-corrected chi connectivity index (χ3v) is 2.34. The zero-order chi connectivity index (χ0) is 11.1. The molecule has 1 heterocycles. The number of rotatable bonds is 0. The van der Waals surface area contributed by atoms with E-state index in [0.717, 1.165) is 12.1 Å². The van der Waals surface area contributed by atoms with E-state index in [4.69, 9.17) is 11.6 Å². The Balaban J connectivity index is 2.68. The fourth-order valence-corrected chi connectivity index (χ4v) is 1.55. The number of benzene rings is 1. The molecule has 0 N–H and O–H groups in total. The van der Waals surface area contributed by atoms with Gasteiger partial charge < -0.3 is 0 Å². The van der Waals surface area contributed by atoms with Gasteiger partial charge in [0, 0.05) is 11.6 Å². The first-order valence-corrected chi connectivity index (χ1v) is 4.48. The van der Waals surface area contributed by atoms with Gasteiger partial charge in [-0.1, -0.05) is 17.7 Å². The van der Waals surface area contributed by atoms with E-state index in [-0.39, 0.29) is 5.15 Å². The SMILES string of the molecule is FC(F)(F)c1ccc2c(Cl)nccc2c1. The second kappa shape index (κ2) is 3.38. The molecule has 1 aromatic heterocycles. The van der Waals surface area contributed by atoms with Crippen LogP contribution in [0.3, 0.4) is 0 Å². The highest BCUT2D eigenvalue weighted by atomic mass is 35.5. The van der Waals surface area contributed by atoms with Gasteiger partial charge in [-0.05, 0) is 23.6 Å². The van der Waals surface area contributed by atoms with Gasteiger partial charge in [0.1, 0.15) is 5.15 Å². The minimum Gasteiger partial charge on any atom is -0.244 e. The van der Waals surface area contributed by atoms with Gasteiger partial charge in [0.2, 0.25) is 0 Å². The van der Waals surface area contributed by atoms with Crippen molar-refractivity contribution in [2.45, 2.75) is 6.18 Å². The van der Waals surface area contributed by atoms with Crippen molar-refractivity contribution in [2.75, 3.05) is 0 Å². The highest BCUT2D eigenvalue weighted by molar-refractivity contribution is 6.34. The second-order valence-electron chi connectivity index (χ2n) is 3.04. The number of fused-ring (bicyclic) bond motifs is 1. The Morgan fingerprint density at radius 3 is 2.53 bits per heavy atom. The van der Waals surface area contributed by atoms with E-state index in [1.165, 1.54) is 18.3 Å². The standard InChI is InChI=1S/C10H5ClF3N/c11-9-8-2-1-7(10(12,13)14)5-6(8)3-4-15-9/h1-5H. The van der Waals surface area contributed by atoms with Crippen molar-refractivity contribution >= 4 is 22.4 Å². The second-order valence-corrected chi connectivity index (χ2v) is 3.39. The van der Waals surface area contributed by atoms with Gasteiger partial charge in [0.25, 0.3) is 0 Å². The number of halogens is 4. The molecule has 1 nitrogen and oxygen atoms in total. The molecular weight excluding hydrogens is 227 g/mol. The van der Waals surface area contributed by atoms with Crippen molar-refractivity contribution < 1.29 is 13.2 Å². The van der Waals surface area contributed by atoms with Crippen LogP contribution < -0.4 is 0 Å². The average Bonchev–Trinajstić information content (AvgIpc) is 2.16. The van der Waals surface area contributed by atoms with Crippen molar-refractivity contribution in [2.24, 2.45) is 0 Å². The van der Waals surface area contributed by atoms with Crippen LogP contribution in [0.5, 0.6) is 0 Å². The van der Waals surface area contributed by atoms with Crippen LogP contribution in [0.4, 0.5) is 13.2 Å². The van der Waals surface area contributed by atoms with Gasteiger partial charge in [-0.25, -0.2) is 4.98 Å². The predicted octanol–water partition coefficient (Wildman–Crippen LogP) is 3.91. The molecule has 0 saturated carbocycles. The van der Waals surface area contributed by atoms with Gasteiger partial charge in [0.05, 0.1) is 5.56 Å². The number of hydrogen-bond donors (Lipinski definition) is 0. The molecule has 0 aliphatic heterocycles. The molecule has 78 valence electrons. The summed E-state index contributed by atoms with van der Waals surface area (Å²) in [5, 5.41) is 1.17. The zero-order valence-electron chi connectivity index (χ0n) is 7.35. The molecule has 2 aromatic rings. The lowest BCUT2D eigenvalue weighted by Gasteiger charge is -2.07. The lowest BCUT2D eigenvalue weighted by Crippen LogP contribution is -2.04. The molecule has 0 unspecified atom stereocenters. The summed E-state index contributed by atoms with van der Waals surface area (Å²) >= 11 is 5.73. The van der Waals surface area contributed by atoms with Crippen LogP contribution in [-0.2, 0) is 6.18 Å². The Labute approximate surface area is 88.5 Å². The number of aromatic nitrogens is 1. The van der Waals surface area contributed by atoms with E-state index < -0.39 is 11.7 Å². The Hall–Kier alpha value is -1.29. The number of pyridine rings is 1. The molecule has 0 spiro atoms. The Kier molecular flexibility index (Phi) is 2.31. The molecule has 0 atom stereocenters. The molecule has 0 radical (unpaired) electrons. The van der Waals surface area contributed by atoms with Crippen molar-refractivity contribution in [1.82, 2.24) is 4.98 Å². The fourth-order valence-electron chi connectivity index (χ4n) is 1.32. The lowest BCUT2D eigenvalue weighted by atomic mass is 10.1. The molecule has 0 aliphatic rings. The summed E-state index contributed by atoms with van der Waals surface area (Å²) in [6, 6.07) is 4.88. The third-order valence-electron chi connectivity index (χ3n) is 2.04. The molecule has 15 heavy (non-hydrogen) atoms. The summed E-state index contributed by atoms with van der Waals surface area (Å²) in [5.74, 6) is 0. The third kappa shape index (κ3) is 1.90. The van der Waals surface area contributed by atoms with E-state index >= 15 is 0 Å². The lowest BCUT2D eigenvalue weighted by molar-refractivity contribution is -0.137. The maximum absolute atomic E-state index is 12.4. The highest BCUT2D eigenvalue weighted by Crippen LogP contribution is 2.32. The van der Waals surface area contributed by atoms with Crippen molar-refractivity contribution in [1.29, 1.82) is 0 Å². The summed E-state index contributed by atoms with van der Waals surface area (Å²) in [7, 11) is 0. The molecule has 0 fully saturated rings. The average molecular weight is 232 g/mol. The summed E-state index contributed by atoms with van der Waals surface area (Å²) < 4.78 is 37.1. The molecular formula is C10H5ClF3N. The maximum atomic E-state index is 12.4. The molecule has 1 aromatic carbocycles. The first-order chi connectivity index (χ1) is 6.98. The van der Waals surface area contributed by atoms with Crippen LogP contribution in [0.2, 0.25) is 5.15 Å². The largest absolute Gasteiger partial charge is 0.416 e. The van der Waals surface area contributed by atoms with E-state index in [1.807, 2.05) is 0 Å². The van der Waals surface area contributed by atoms with Crippen LogP contribution in [0.1, 0.15) is 5.56 Å². The van der Waals surface area contributed by atoms with Gasteiger partial charge in [-0.15, -0.1) is 0 Å². The molecule has 5 heteroatoms. The van der Waals surface area contributed by atoms with Gasteiger partial charge in [-0.2, -0.15) is 13.2 Å². The highest BCUT2D eigenvalue weighted by Gasteiger charge is 2.30. The van der Waals surface area contributed by atoms with E-state index in [9.17, 15) is 13.2 Å². The number of nitrogens with zero attached hydrogens (tertiary/aromatic N) is 1. The van der Waals surface area contributed by atoms with Crippen molar-refractivity contribution in [3.05, 3.63) is 41.2 Å². The molecule has 2 rings (SSSR count). The summed E-state index contributed by atoms with van der Waals surface area (Å²) in [5.41, 5.74) is -0.683. The Bertz CT molecular complexity index is 507.